The van der Waals surface area contributed by atoms with Crippen molar-refractivity contribution >= 4 is 56.5 Å². The molecule has 1 aliphatic heterocycles. The van der Waals surface area contributed by atoms with E-state index in [1.807, 2.05) is 30.3 Å². The summed E-state index contributed by atoms with van der Waals surface area (Å²) in [5.74, 6) is -0.168. The lowest BCUT2D eigenvalue weighted by atomic mass is 10.2. The number of carboxylic acid groups (broad SMARTS) is 1. The predicted octanol–water partition coefficient (Wildman–Crippen LogP) is 5.30. The summed E-state index contributed by atoms with van der Waals surface area (Å²) in [4.78, 5) is 28.3. The molecule has 29 heavy (non-hydrogen) atoms. The van der Waals surface area contributed by atoms with E-state index < -0.39 is 5.97 Å². The lowest BCUT2D eigenvalue weighted by Crippen LogP contribution is -2.19. The van der Waals surface area contributed by atoms with Gasteiger partial charge in [0, 0.05) is 16.1 Å². The number of nitrogens with zero attached hydrogens (tertiary/aromatic N) is 1. The van der Waals surface area contributed by atoms with Crippen LogP contribution in [0.25, 0.3) is 17.4 Å². The lowest BCUT2D eigenvalue weighted by molar-refractivity contribution is -0.115. The highest BCUT2D eigenvalue weighted by Crippen LogP contribution is 2.31. The number of amidine groups is 1. The lowest BCUT2D eigenvalue weighted by Gasteiger charge is -2.00. The smallest absolute Gasteiger partial charge is 0.337 e. The van der Waals surface area contributed by atoms with Gasteiger partial charge in [0.05, 0.1) is 16.2 Å². The zero-order valence-electron chi connectivity index (χ0n) is 14.8. The molecule has 0 atom stereocenters. The number of para-hydroxylation sites is 1. The largest absolute Gasteiger partial charge is 0.478 e. The van der Waals surface area contributed by atoms with Crippen LogP contribution in [0, 0.1) is 0 Å². The van der Waals surface area contributed by atoms with Gasteiger partial charge in [-0.25, -0.2) is 9.79 Å². The van der Waals surface area contributed by atoms with Crippen molar-refractivity contribution in [3.05, 3.63) is 81.4 Å². The maximum atomic E-state index is 12.3. The number of rotatable bonds is 4. The molecule has 0 radical (unpaired) electrons. The molecule has 0 spiro atoms. The first-order valence-corrected chi connectivity index (χ1v) is 10.1. The quantitative estimate of drug-likeness (QED) is 0.506. The maximum Gasteiger partial charge on any atom is 0.337 e. The number of thioether (sulfide) groups is 1. The Balaban J connectivity index is 1.57. The third-order valence-corrected chi connectivity index (χ3v) is 5.47. The molecule has 1 amide bonds. The van der Waals surface area contributed by atoms with Crippen LogP contribution in [0.1, 0.15) is 16.1 Å². The van der Waals surface area contributed by atoms with Crippen molar-refractivity contribution in [2.45, 2.75) is 0 Å². The van der Waals surface area contributed by atoms with Crippen molar-refractivity contribution in [2.24, 2.45) is 4.99 Å². The van der Waals surface area contributed by atoms with Crippen molar-refractivity contribution in [1.29, 1.82) is 0 Å². The third-order valence-electron chi connectivity index (χ3n) is 4.04. The molecule has 0 saturated carbocycles. The first-order chi connectivity index (χ1) is 14.0. The second-order valence-corrected chi connectivity index (χ2v) is 7.96. The van der Waals surface area contributed by atoms with E-state index in [9.17, 15) is 14.7 Å². The number of carbonyl (C=O) groups is 2. The van der Waals surface area contributed by atoms with Crippen LogP contribution in [0.3, 0.4) is 0 Å². The summed E-state index contributed by atoms with van der Waals surface area (Å²) in [6, 6.07) is 17.7. The van der Waals surface area contributed by atoms with E-state index in [0.29, 0.717) is 21.6 Å². The van der Waals surface area contributed by atoms with Gasteiger partial charge in [0.2, 0.25) is 0 Å². The summed E-state index contributed by atoms with van der Waals surface area (Å²) >= 11 is 4.53. The van der Waals surface area contributed by atoms with Crippen LogP contribution < -0.4 is 5.32 Å². The second-order valence-electron chi connectivity index (χ2n) is 6.01. The number of halogens is 1. The Bertz CT molecular complexity index is 1170. The molecule has 0 unspecified atom stereocenters. The van der Waals surface area contributed by atoms with Gasteiger partial charge in [-0.2, -0.15) is 0 Å². The van der Waals surface area contributed by atoms with Crippen LogP contribution in [0.4, 0.5) is 5.69 Å². The summed E-state index contributed by atoms with van der Waals surface area (Å²) in [7, 11) is 0. The normalized spacial score (nSPS) is 16.4. The second kappa shape index (κ2) is 8.10. The fraction of sp³-hybridized carbons (Fsp3) is 0. The van der Waals surface area contributed by atoms with Gasteiger partial charge in [-0.15, -0.1) is 0 Å². The Hall–Kier alpha value is -3.10. The maximum absolute atomic E-state index is 12.3. The van der Waals surface area contributed by atoms with Crippen molar-refractivity contribution in [1.82, 2.24) is 5.32 Å². The van der Waals surface area contributed by atoms with E-state index in [2.05, 4.69) is 26.2 Å². The Morgan fingerprint density at radius 3 is 2.62 bits per heavy atom. The van der Waals surface area contributed by atoms with E-state index in [1.54, 1.807) is 30.3 Å². The minimum atomic E-state index is -1.08. The molecule has 2 N–H and O–H groups in total. The number of nitrogens with one attached hydrogen (secondary N) is 1. The van der Waals surface area contributed by atoms with Crippen molar-refractivity contribution in [2.75, 3.05) is 0 Å². The number of amides is 1. The number of aliphatic imine (C=N–C) groups is 1. The number of carbonyl (C=O) groups excluding carboxylic acids is 1. The number of hydrogen-bond acceptors (Lipinski definition) is 5. The van der Waals surface area contributed by atoms with Gasteiger partial charge in [0.1, 0.15) is 11.5 Å². The highest BCUT2D eigenvalue weighted by molar-refractivity contribution is 9.10. The molecule has 2 heterocycles. The van der Waals surface area contributed by atoms with Crippen LogP contribution >= 0.6 is 27.7 Å². The number of benzene rings is 2. The summed E-state index contributed by atoms with van der Waals surface area (Å²) < 4.78 is 6.80. The topological polar surface area (TPSA) is 91.9 Å². The van der Waals surface area contributed by atoms with Gasteiger partial charge in [-0.3, -0.25) is 4.79 Å². The first-order valence-electron chi connectivity index (χ1n) is 8.47. The first kappa shape index (κ1) is 19.2. The van der Waals surface area contributed by atoms with E-state index in [4.69, 9.17) is 4.42 Å². The minimum Gasteiger partial charge on any atom is -0.478 e. The molecule has 1 saturated heterocycles. The zero-order chi connectivity index (χ0) is 20.4. The summed E-state index contributed by atoms with van der Waals surface area (Å²) in [6.45, 7) is 0. The van der Waals surface area contributed by atoms with Crippen molar-refractivity contribution in [3.8, 4) is 11.3 Å². The number of aromatic carboxylic acids is 1. The van der Waals surface area contributed by atoms with Gasteiger partial charge in [0.25, 0.3) is 5.91 Å². The van der Waals surface area contributed by atoms with Crippen molar-refractivity contribution < 1.29 is 19.1 Å². The third kappa shape index (κ3) is 4.33. The monoisotopic (exact) mass is 468 g/mol. The molecule has 6 nitrogen and oxygen atoms in total. The standard InChI is InChI=1S/C21H13BrN2O4S/c22-13-7-5-12(6-8-13)17-10-9-14(28-17)11-18-19(25)24-21(29-18)23-16-4-2-1-3-15(16)20(26)27/h1-11H,(H,26,27)(H,23,24,25). The molecule has 4 rings (SSSR count). The van der Waals surface area contributed by atoms with E-state index >= 15 is 0 Å². The van der Waals surface area contributed by atoms with Crippen LogP contribution in [0.15, 0.2) is 79.5 Å². The molecule has 2 aromatic carbocycles. The fourth-order valence-electron chi connectivity index (χ4n) is 2.67. The molecule has 3 aromatic rings. The van der Waals surface area contributed by atoms with Crippen LogP contribution in [-0.2, 0) is 4.79 Å². The highest BCUT2D eigenvalue weighted by atomic mass is 79.9. The van der Waals surface area contributed by atoms with Gasteiger partial charge in [-0.05, 0) is 48.2 Å². The molecule has 1 aliphatic rings. The minimum absolute atomic E-state index is 0.0671. The van der Waals surface area contributed by atoms with Crippen LogP contribution in [0.5, 0.6) is 0 Å². The summed E-state index contributed by atoms with van der Waals surface area (Å²) in [5, 5.41) is 12.2. The Labute approximate surface area is 178 Å². The van der Waals surface area contributed by atoms with Gasteiger partial charge in [0.15, 0.2) is 5.17 Å². The van der Waals surface area contributed by atoms with Gasteiger partial charge >= 0.3 is 5.97 Å². The Morgan fingerprint density at radius 1 is 1.10 bits per heavy atom. The molecule has 1 aromatic heterocycles. The molecular weight excluding hydrogens is 456 g/mol. The Morgan fingerprint density at radius 2 is 1.86 bits per heavy atom. The fourth-order valence-corrected chi connectivity index (χ4v) is 3.75. The Kier molecular flexibility index (Phi) is 5.37. The van der Waals surface area contributed by atoms with Crippen LogP contribution in [-0.4, -0.2) is 22.2 Å². The average Bonchev–Trinajstić information content (AvgIpc) is 3.30. The summed E-state index contributed by atoms with van der Waals surface area (Å²) in [5.41, 5.74) is 1.27. The number of furan rings is 1. The number of hydrogen-bond donors (Lipinski definition) is 2. The van der Waals surface area contributed by atoms with E-state index in [0.717, 1.165) is 21.8 Å². The molecule has 1 fully saturated rings. The molecule has 8 heteroatoms. The summed E-state index contributed by atoms with van der Waals surface area (Å²) in [6.07, 6.45) is 1.63. The predicted molar refractivity (Wildman–Crippen MR) is 116 cm³/mol. The molecule has 0 bridgehead atoms. The highest BCUT2D eigenvalue weighted by Gasteiger charge is 2.25. The SMILES string of the molecule is O=C1NC(=Nc2ccccc2C(=O)O)SC1=Cc1ccc(-c2ccc(Br)cc2)o1. The van der Waals surface area contributed by atoms with Gasteiger partial charge < -0.3 is 14.8 Å². The van der Waals surface area contributed by atoms with E-state index in [-0.39, 0.29) is 17.2 Å². The number of carboxylic acids is 1. The molecular formula is C21H13BrN2O4S. The van der Waals surface area contributed by atoms with Crippen LogP contribution in [0.2, 0.25) is 0 Å². The van der Waals surface area contributed by atoms with E-state index in [1.165, 1.54) is 6.07 Å². The van der Waals surface area contributed by atoms with Crippen molar-refractivity contribution in [3.63, 3.8) is 0 Å². The molecule has 144 valence electrons. The van der Waals surface area contributed by atoms with Gasteiger partial charge in [-0.1, -0.05) is 40.2 Å². The zero-order valence-corrected chi connectivity index (χ0v) is 17.2. The molecule has 0 aliphatic carbocycles. The average molecular weight is 469 g/mol.